The number of hydrogen-bond donors (Lipinski definition) is 1. The molecule has 7 nitrogen and oxygen atoms in total. The van der Waals surface area contributed by atoms with Gasteiger partial charge in [-0.2, -0.15) is 0 Å². The Hall–Kier alpha value is -1.39. The Morgan fingerprint density at radius 3 is 2.36 bits per heavy atom. The summed E-state index contributed by atoms with van der Waals surface area (Å²) in [6.07, 6.45) is 6.77. The Bertz CT molecular complexity index is 715. The molecule has 0 spiro atoms. The number of hydrogen-bond acceptors (Lipinski definition) is 4. The van der Waals surface area contributed by atoms with Gasteiger partial charge in [-0.05, 0) is 63.1 Å². The average Bonchev–Trinajstić information content (AvgIpc) is 2.85. The number of rotatable bonds is 9. The highest BCUT2D eigenvalue weighted by molar-refractivity contribution is 14.0. The number of aliphatic imine (C=N–C) groups is 1. The first kappa shape index (κ1) is 27.9. The van der Waals surface area contributed by atoms with Gasteiger partial charge in [-0.25, -0.2) is 4.99 Å². The van der Waals surface area contributed by atoms with Gasteiger partial charge in [0.25, 0.3) is 5.91 Å². The SMILES string of the molecule is CCNC(=NCc1ccc(C(=O)N2CCCCC2)cc1)N1CCC(OCCCOC)CC1.I. The van der Waals surface area contributed by atoms with Crippen molar-refractivity contribution in [3.05, 3.63) is 35.4 Å². The number of amides is 1. The van der Waals surface area contributed by atoms with Crippen molar-refractivity contribution in [3.63, 3.8) is 0 Å². The highest BCUT2D eigenvalue weighted by atomic mass is 127. The van der Waals surface area contributed by atoms with E-state index >= 15 is 0 Å². The van der Waals surface area contributed by atoms with Gasteiger partial charge in [-0.3, -0.25) is 4.79 Å². The van der Waals surface area contributed by atoms with Crippen LogP contribution < -0.4 is 5.32 Å². The monoisotopic (exact) mass is 572 g/mol. The summed E-state index contributed by atoms with van der Waals surface area (Å²) in [6.45, 7) is 8.73. The number of methoxy groups -OCH3 is 1. The van der Waals surface area contributed by atoms with Crippen LogP contribution in [0.3, 0.4) is 0 Å². The van der Waals surface area contributed by atoms with Crippen molar-refractivity contribution in [2.45, 2.75) is 58.1 Å². The molecule has 0 atom stereocenters. The second-order valence-corrected chi connectivity index (χ2v) is 8.62. The molecule has 1 aromatic carbocycles. The number of guanidine groups is 1. The molecule has 0 saturated carbocycles. The van der Waals surface area contributed by atoms with Crippen LogP contribution in [0.15, 0.2) is 29.3 Å². The molecule has 0 bridgehead atoms. The fourth-order valence-corrected chi connectivity index (χ4v) is 4.31. The van der Waals surface area contributed by atoms with E-state index in [1.807, 2.05) is 29.2 Å². The molecule has 0 aromatic heterocycles. The van der Waals surface area contributed by atoms with Crippen LogP contribution in [0.25, 0.3) is 0 Å². The minimum absolute atomic E-state index is 0. The lowest BCUT2D eigenvalue weighted by atomic mass is 10.1. The van der Waals surface area contributed by atoms with Crippen LogP contribution in [0.2, 0.25) is 0 Å². The Labute approximate surface area is 216 Å². The summed E-state index contributed by atoms with van der Waals surface area (Å²) in [4.78, 5) is 21.8. The fourth-order valence-electron chi connectivity index (χ4n) is 4.31. The molecule has 0 aliphatic carbocycles. The number of halogens is 1. The molecule has 0 radical (unpaired) electrons. The van der Waals surface area contributed by atoms with Gasteiger partial charge in [0, 0.05) is 58.6 Å². The van der Waals surface area contributed by atoms with Crippen molar-refractivity contribution in [2.24, 2.45) is 4.99 Å². The lowest BCUT2D eigenvalue weighted by Crippen LogP contribution is -2.47. The van der Waals surface area contributed by atoms with E-state index in [-0.39, 0.29) is 29.9 Å². The van der Waals surface area contributed by atoms with Crippen LogP contribution >= 0.6 is 24.0 Å². The van der Waals surface area contributed by atoms with Crippen LogP contribution in [0, 0.1) is 0 Å². The van der Waals surface area contributed by atoms with Crippen LogP contribution in [-0.2, 0) is 16.0 Å². The van der Waals surface area contributed by atoms with Crippen molar-refractivity contribution in [1.29, 1.82) is 0 Å². The third kappa shape index (κ3) is 9.05. The number of carbonyl (C=O) groups is 1. The van der Waals surface area contributed by atoms with E-state index in [0.29, 0.717) is 12.6 Å². The maximum Gasteiger partial charge on any atom is 0.253 e. The van der Waals surface area contributed by atoms with E-state index in [2.05, 4.69) is 17.1 Å². The Morgan fingerprint density at radius 2 is 1.73 bits per heavy atom. The van der Waals surface area contributed by atoms with Gasteiger partial charge in [-0.15, -0.1) is 24.0 Å². The van der Waals surface area contributed by atoms with E-state index in [1.54, 1.807) is 7.11 Å². The van der Waals surface area contributed by atoms with E-state index in [0.717, 1.165) is 95.1 Å². The minimum Gasteiger partial charge on any atom is -0.385 e. The molecule has 186 valence electrons. The minimum atomic E-state index is 0. The van der Waals surface area contributed by atoms with Crippen molar-refractivity contribution < 1.29 is 14.3 Å². The van der Waals surface area contributed by atoms with Gasteiger partial charge >= 0.3 is 0 Å². The summed E-state index contributed by atoms with van der Waals surface area (Å²) in [7, 11) is 1.73. The van der Waals surface area contributed by atoms with E-state index in [9.17, 15) is 4.79 Å². The second kappa shape index (κ2) is 15.5. The standard InChI is InChI=1S/C25H40N4O3.HI/c1-3-26-25(29-16-12-23(13-17-29)32-19-7-18-31-2)27-20-21-8-10-22(11-9-21)24(30)28-14-5-4-6-15-28;/h8-11,23H,3-7,12-20H2,1-2H3,(H,26,27);1H. The molecule has 33 heavy (non-hydrogen) atoms. The summed E-state index contributed by atoms with van der Waals surface area (Å²) in [5.74, 6) is 1.11. The molecule has 3 rings (SSSR count). The van der Waals surface area contributed by atoms with Gasteiger partial charge in [0.15, 0.2) is 5.96 Å². The number of nitrogens with zero attached hydrogens (tertiary/aromatic N) is 3. The molecule has 1 aromatic rings. The fraction of sp³-hybridized carbons (Fsp3) is 0.680. The Morgan fingerprint density at radius 1 is 1.03 bits per heavy atom. The highest BCUT2D eigenvalue weighted by Crippen LogP contribution is 2.16. The number of benzene rings is 1. The lowest BCUT2D eigenvalue weighted by Gasteiger charge is -2.34. The Kier molecular flexibility index (Phi) is 13.1. The van der Waals surface area contributed by atoms with E-state index in [1.165, 1.54) is 6.42 Å². The number of ether oxygens (including phenoxy) is 2. The van der Waals surface area contributed by atoms with E-state index < -0.39 is 0 Å². The van der Waals surface area contributed by atoms with Gasteiger partial charge in [-0.1, -0.05) is 12.1 Å². The largest absolute Gasteiger partial charge is 0.385 e. The number of carbonyl (C=O) groups excluding carboxylic acids is 1. The first-order valence-corrected chi connectivity index (χ1v) is 12.2. The molecule has 2 heterocycles. The third-order valence-electron chi connectivity index (χ3n) is 6.18. The third-order valence-corrected chi connectivity index (χ3v) is 6.18. The van der Waals surface area contributed by atoms with Crippen LogP contribution in [0.4, 0.5) is 0 Å². The maximum atomic E-state index is 12.7. The van der Waals surface area contributed by atoms with Crippen molar-refractivity contribution in [3.8, 4) is 0 Å². The molecule has 0 unspecified atom stereocenters. The van der Waals surface area contributed by atoms with Crippen molar-refractivity contribution in [1.82, 2.24) is 15.1 Å². The Balaban J connectivity index is 0.00000385. The summed E-state index contributed by atoms with van der Waals surface area (Å²) in [5, 5.41) is 3.43. The first-order chi connectivity index (χ1) is 15.7. The van der Waals surface area contributed by atoms with Crippen LogP contribution in [0.1, 0.15) is 61.4 Å². The molecule has 2 aliphatic heterocycles. The zero-order valence-electron chi connectivity index (χ0n) is 20.3. The molecule has 1 amide bonds. The molecule has 2 saturated heterocycles. The topological polar surface area (TPSA) is 66.4 Å². The maximum absolute atomic E-state index is 12.7. The van der Waals surface area contributed by atoms with Crippen molar-refractivity contribution in [2.75, 3.05) is 53.0 Å². The number of nitrogens with one attached hydrogen (secondary N) is 1. The molecular formula is C25H41IN4O3. The number of likely N-dealkylation sites (tertiary alicyclic amines) is 2. The van der Waals surface area contributed by atoms with E-state index in [4.69, 9.17) is 14.5 Å². The smallest absolute Gasteiger partial charge is 0.253 e. The van der Waals surface area contributed by atoms with Gasteiger partial charge < -0.3 is 24.6 Å². The molecule has 8 heteroatoms. The molecule has 1 N–H and O–H groups in total. The lowest BCUT2D eigenvalue weighted by molar-refractivity contribution is 0.00990. The normalized spacial score (nSPS) is 17.6. The quantitative estimate of drug-likeness (QED) is 0.211. The molecule has 2 aliphatic rings. The van der Waals surface area contributed by atoms with Crippen LogP contribution in [0.5, 0.6) is 0 Å². The summed E-state index contributed by atoms with van der Waals surface area (Å²) >= 11 is 0. The molecule has 2 fully saturated rings. The molecular weight excluding hydrogens is 531 g/mol. The summed E-state index contributed by atoms with van der Waals surface area (Å²) < 4.78 is 11.1. The first-order valence-electron chi connectivity index (χ1n) is 12.2. The van der Waals surface area contributed by atoms with Crippen molar-refractivity contribution >= 4 is 35.8 Å². The van der Waals surface area contributed by atoms with Crippen LogP contribution in [-0.4, -0.2) is 80.8 Å². The summed E-state index contributed by atoms with van der Waals surface area (Å²) in [6, 6.07) is 7.96. The zero-order valence-corrected chi connectivity index (χ0v) is 22.6. The zero-order chi connectivity index (χ0) is 22.6. The highest BCUT2D eigenvalue weighted by Gasteiger charge is 2.22. The second-order valence-electron chi connectivity index (χ2n) is 8.62. The number of piperidine rings is 2. The summed E-state index contributed by atoms with van der Waals surface area (Å²) in [5.41, 5.74) is 1.89. The van der Waals surface area contributed by atoms with Gasteiger partial charge in [0.1, 0.15) is 0 Å². The van der Waals surface area contributed by atoms with Gasteiger partial charge in [0.05, 0.1) is 12.6 Å². The average molecular weight is 573 g/mol. The predicted molar refractivity (Wildman–Crippen MR) is 143 cm³/mol. The predicted octanol–water partition coefficient (Wildman–Crippen LogP) is 3.91. The van der Waals surface area contributed by atoms with Gasteiger partial charge in [0.2, 0.25) is 0 Å².